The average molecular weight is 356 g/mol. The van der Waals surface area contributed by atoms with Crippen LogP contribution in [-0.2, 0) is 6.54 Å². The maximum Gasteiger partial charge on any atom is 0.327 e. The van der Waals surface area contributed by atoms with Gasteiger partial charge < -0.3 is 10.2 Å². The lowest BCUT2D eigenvalue weighted by Gasteiger charge is -2.23. The molecular weight excluding hydrogens is 339 g/mol. The fourth-order valence-corrected chi connectivity index (χ4v) is 3.20. The van der Waals surface area contributed by atoms with E-state index in [1.54, 1.807) is 16.9 Å². The minimum Gasteiger partial charge on any atom is -0.354 e. The van der Waals surface area contributed by atoms with Crippen LogP contribution >= 0.6 is 0 Å². The number of H-pyrrole nitrogens is 2. The van der Waals surface area contributed by atoms with Crippen molar-refractivity contribution in [2.24, 2.45) is 0 Å². The van der Waals surface area contributed by atoms with Crippen molar-refractivity contribution in [2.45, 2.75) is 19.6 Å². The second kappa shape index (κ2) is 6.17. The van der Waals surface area contributed by atoms with E-state index >= 15 is 0 Å². The van der Waals surface area contributed by atoms with E-state index < -0.39 is 11.2 Å². The molecule has 0 saturated heterocycles. The lowest BCUT2D eigenvalue weighted by atomic mass is 10.2. The predicted octanol–water partition coefficient (Wildman–Crippen LogP) is 1.40. The Morgan fingerprint density at radius 3 is 2.88 bits per heavy atom. The average Bonchev–Trinajstić information content (AvgIpc) is 3.19. The smallest absolute Gasteiger partial charge is 0.327 e. The Morgan fingerprint density at radius 2 is 2.12 bits per heavy atom. The molecule has 1 aliphatic rings. The molecule has 0 radical (unpaired) electrons. The summed E-state index contributed by atoms with van der Waals surface area (Å²) >= 11 is 0. The molecule has 0 amide bonds. The van der Waals surface area contributed by atoms with Crippen LogP contribution < -0.4 is 21.5 Å². The number of anilines is 2. The lowest BCUT2D eigenvalue weighted by molar-refractivity contribution is 0.619. The number of benzene rings is 1. The maximum absolute atomic E-state index is 13.3. The van der Waals surface area contributed by atoms with E-state index in [0.717, 1.165) is 11.1 Å². The van der Waals surface area contributed by atoms with Crippen LogP contribution in [0, 0.1) is 5.82 Å². The molecule has 1 unspecified atom stereocenters. The van der Waals surface area contributed by atoms with Crippen LogP contribution in [0.25, 0.3) is 0 Å². The van der Waals surface area contributed by atoms with Crippen molar-refractivity contribution < 1.29 is 4.39 Å². The number of halogens is 1. The van der Waals surface area contributed by atoms with Crippen molar-refractivity contribution in [2.75, 3.05) is 16.8 Å². The molecular formula is C17H17FN6O2. The molecule has 0 aliphatic carbocycles. The van der Waals surface area contributed by atoms with Crippen molar-refractivity contribution in [1.29, 1.82) is 0 Å². The third-order valence-corrected chi connectivity index (χ3v) is 4.35. The molecule has 0 spiro atoms. The summed E-state index contributed by atoms with van der Waals surface area (Å²) in [5.41, 5.74) is 0.956. The highest BCUT2D eigenvalue weighted by molar-refractivity contribution is 5.71. The molecule has 2 aromatic heterocycles. The van der Waals surface area contributed by atoms with Crippen molar-refractivity contribution in [1.82, 2.24) is 19.7 Å². The molecule has 1 aromatic carbocycles. The van der Waals surface area contributed by atoms with Gasteiger partial charge in [0.15, 0.2) is 0 Å². The van der Waals surface area contributed by atoms with Gasteiger partial charge >= 0.3 is 5.69 Å². The number of nitrogens with one attached hydrogen (secondary N) is 3. The highest BCUT2D eigenvalue weighted by atomic mass is 19.1. The monoisotopic (exact) mass is 356 g/mol. The van der Waals surface area contributed by atoms with Gasteiger partial charge in [0.1, 0.15) is 23.5 Å². The molecule has 4 rings (SSSR count). The van der Waals surface area contributed by atoms with Crippen LogP contribution in [0.3, 0.4) is 0 Å². The fraction of sp³-hybridized carbons (Fsp3) is 0.235. The second-order valence-corrected chi connectivity index (χ2v) is 6.07. The Labute approximate surface area is 147 Å². The van der Waals surface area contributed by atoms with Crippen LogP contribution in [0.15, 0.2) is 46.2 Å². The van der Waals surface area contributed by atoms with Gasteiger partial charge in [-0.15, -0.1) is 0 Å². The van der Waals surface area contributed by atoms with Gasteiger partial charge in [-0.2, -0.15) is 5.10 Å². The number of aromatic nitrogens is 4. The second-order valence-electron chi connectivity index (χ2n) is 6.07. The third-order valence-electron chi connectivity index (χ3n) is 4.35. The molecule has 3 N–H and O–H groups in total. The van der Waals surface area contributed by atoms with E-state index in [1.165, 1.54) is 12.1 Å². The zero-order valence-electron chi connectivity index (χ0n) is 14.0. The van der Waals surface area contributed by atoms with Crippen LogP contribution in [0.4, 0.5) is 15.9 Å². The van der Waals surface area contributed by atoms with Gasteiger partial charge in [0.2, 0.25) is 0 Å². The van der Waals surface area contributed by atoms with Crippen LogP contribution in [-0.4, -0.2) is 26.3 Å². The Morgan fingerprint density at radius 1 is 1.27 bits per heavy atom. The highest BCUT2D eigenvalue weighted by Crippen LogP contribution is 2.36. The largest absolute Gasteiger partial charge is 0.354 e. The molecule has 3 aromatic rings. The SMILES string of the molecule is CCN1c2[nH]c(=O)[nH]c(=O)c2NC1c1cnn(Cc2cccc(F)c2)c1. The summed E-state index contributed by atoms with van der Waals surface area (Å²) in [7, 11) is 0. The Bertz CT molecular complexity index is 1070. The zero-order chi connectivity index (χ0) is 18.3. The molecule has 26 heavy (non-hydrogen) atoms. The number of rotatable bonds is 4. The highest BCUT2D eigenvalue weighted by Gasteiger charge is 2.32. The number of fused-ring (bicyclic) bond motifs is 1. The Hall–Kier alpha value is -3.36. The first-order valence-corrected chi connectivity index (χ1v) is 8.21. The summed E-state index contributed by atoms with van der Waals surface area (Å²) < 4.78 is 15.0. The van der Waals surface area contributed by atoms with Crippen molar-refractivity contribution in [3.63, 3.8) is 0 Å². The zero-order valence-corrected chi connectivity index (χ0v) is 14.0. The van der Waals surface area contributed by atoms with E-state index in [4.69, 9.17) is 0 Å². The normalized spacial score (nSPS) is 15.8. The van der Waals surface area contributed by atoms with Gasteiger partial charge in [-0.25, -0.2) is 9.18 Å². The molecule has 1 aliphatic heterocycles. The standard InChI is InChI=1S/C17H17FN6O2/c1-2-24-14(20-13-15(24)21-17(26)22-16(13)25)11-7-19-23(9-11)8-10-4-3-5-12(18)6-10/h3-7,9,14,20H,2,8H2,1H3,(H2,21,22,25,26). The number of hydrogen-bond acceptors (Lipinski definition) is 5. The van der Waals surface area contributed by atoms with Gasteiger partial charge in [0.25, 0.3) is 5.56 Å². The van der Waals surface area contributed by atoms with Crippen molar-refractivity contribution in [3.8, 4) is 0 Å². The summed E-state index contributed by atoms with van der Waals surface area (Å²) in [4.78, 5) is 30.4. The maximum atomic E-state index is 13.3. The molecule has 0 saturated carbocycles. The molecule has 8 nitrogen and oxygen atoms in total. The number of aromatic amines is 2. The van der Waals surface area contributed by atoms with E-state index in [1.807, 2.05) is 24.1 Å². The summed E-state index contributed by atoms with van der Waals surface area (Å²) in [6, 6.07) is 6.35. The fourth-order valence-electron chi connectivity index (χ4n) is 3.20. The quantitative estimate of drug-likeness (QED) is 0.656. The van der Waals surface area contributed by atoms with Gasteiger partial charge in [-0.1, -0.05) is 12.1 Å². The predicted molar refractivity (Wildman–Crippen MR) is 94.8 cm³/mol. The van der Waals surface area contributed by atoms with E-state index in [0.29, 0.717) is 24.6 Å². The minimum atomic E-state index is -0.545. The Balaban J connectivity index is 1.63. The number of nitrogens with zero attached hydrogens (tertiary/aromatic N) is 3. The lowest BCUT2D eigenvalue weighted by Crippen LogP contribution is -2.29. The minimum absolute atomic E-state index is 0.289. The van der Waals surface area contributed by atoms with Gasteiger partial charge in [-0.3, -0.25) is 19.4 Å². The molecule has 9 heteroatoms. The van der Waals surface area contributed by atoms with Crippen molar-refractivity contribution >= 4 is 11.5 Å². The van der Waals surface area contributed by atoms with E-state index in [2.05, 4.69) is 20.4 Å². The van der Waals surface area contributed by atoms with E-state index in [-0.39, 0.29) is 12.0 Å². The summed E-state index contributed by atoms with van der Waals surface area (Å²) in [6.45, 7) is 2.95. The molecule has 134 valence electrons. The topological polar surface area (TPSA) is 98.8 Å². The van der Waals surface area contributed by atoms with Gasteiger partial charge in [0.05, 0.1) is 12.7 Å². The summed E-state index contributed by atoms with van der Waals surface area (Å²) in [6.07, 6.45) is 3.21. The molecule has 3 heterocycles. The summed E-state index contributed by atoms with van der Waals surface area (Å²) in [5, 5.41) is 7.46. The molecule has 0 fully saturated rings. The Kier molecular flexibility index (Phi) is 3.83. The van der Waals surface area contributed by atoms with Crippen LogP contribution in [0.1, 0.15) is 24.2 Å². The summed E-state index contributed by atoms with van der Waals surface area (Å²) in [5.74, 6) is 0.173. The van der Waals surface area contributed by atoms with Crippen LogP contribution in [0.2, 0.25) is 0 Å². The first-order valence-electron chi connectivity index (χ1n) is 8.21. The molecule has 1 atom stereocenters. The van der Waals surface area contributed by atoms with Crippen molar-refractivity contribution in [3.05, 3.63) is 74.4 Å². The van der Waals surface area contributed by atoms with Gasteiger partial charge in [-0.05, 0) is 24.6 Å². The number of hydrogen-bond donors (Lipinski definition) is 3. The van der Waals surface area contributed by atoms with E-state index in [9.17, 15) is 14.0 Å². The van der Waals surface area contributed by atoms with Crippen LogP contribution in [0.5, 0.6) is 0 Å². The van der Waals surface area contributed by atoms with Gasteiger partial charge in [0, 0.05) is 18.3 Å². The first kappa shape index (κ1) is 16.1. The molecule has 0 bridgehead atoms. The first-order chi connectivity index (χ1) is 12.5. The third kappa shape index (κ3) is 2.77.